The van der Waals surface area contributed by atoms with E-state index < -0.39 is 0 Å². The van der Waals surface area contributed by atoms with Gasteiger partial charge in [0.05, 0.1) is 5.57 Å². The molecule has 0 spiro atoms. The highest BCUT2D eigenvalue weighted by Crippen LogP contribution is 2.06. The Labute approximate surface area is 78.1 Å². The molecular weight excluding hydrogens is 160 g/mol. The van der Waals surface area contributed by atoms with Crippen LogP contribution < -0.4 is 0 Å². The van der Waals surface area contributed by atoms with Crippen molar-refractivity contribution >= 4 is 11.9 Å². The van der Waals surface area contributed by atoms with Crippen molar-refractivity contribution < 1.29 is 4.79 Å². The number of terminal acetylenes is 1. The van der Waals surface area contributed by atoms with Crippen molar-refractivity contribution in [1.29, 1.82) is 0 Å². The van der Waals surface area contributed by atoms with Crippen LogP contribution in [0.1, 0.15) is 12.5 Å². The number of hydrogen-bond donors (Lipinski definition) is 0. The molecule has 0 amide bonds. The minimum absolute atomic E-state index is 0.0775. The van der Waals surface area contributed by atoms with E-state index in [1.54, 1.807) is 6.08 Å². The predicted molar refractivity (Wildman–Crippen MR) is 53.9 cm³/mol. The molecule has 0 saturated heterocycles. The highest BCUT2D eigenvalue weighted by molar-refractivity contribution is 6.01. The second-order valence-electron chi connectivity index (χ2n) is 2.67. The zero-order chi connectivity index (χ0) is 9.68. The monoisotopic (exact) mass is 170 g/mol. The van der Waals surface area contributed by atoms with Crippen molar-refractivity contribution in [2.24, 2.45) is 0 Å². The average Bonchev–Trinajstić information content (AvgIpc) is 2.15. The molecule has 0 N–H and O–H groups in total. The van der Waals surface area contributed by atoms with Gasteiger partial charge < -0.3 is 0 Å². The van der Waals surface area contributed by atoms with E-state index in [4.69, 9.17) is 6.42 Å². The first kappa shape index (κ1) is 9.28. The summed E-state index contributed by atoms with van der Waals surface area (Å²) in [7, 11) is 0. The first-order valence-electron chi connectivity index (χ1n) is 3.98. The van der Waals surface area contributed by atoms with Gasteiger partial charge in [-0.15, -0.1) is 6.42 Å². The van der Waals surface area contributed by atoms with Crippen molar-refractivity contribution in [1.82, 2.24) is 0 Å². The van der Waals surface area contributed by atoms with Gasteiger partial charge in [-0.3, -0.25) is 4.79 Å². The molecule has 0 aliphatic heterocycles. The third kappa shape index (κ3) is 2.61. The number of hydrogen-bond acceptors (Lipinski definition) is 1. The van der Waals surface area contributed by atoms with Crippen molar-refractivity contribution in [2.75, 3.05) is 0 Å². The van der Waals surface area contributed by atoms with Crippen LogP contribution in [0.3, 0.4) is 0 Å². The first-order chi connectivity index (χ1) is 6.24. The Bertz CT molecular complexity index is 366. The van der Waals surface area contributed by atoms with Crippen molar-refractivity contribution in [2.45, 2.75) is 6.92 Å². The van der Waals surface area contributed by atoms with Crippen LogP contribution in [0, 0.1) is 12.3 Å². The molecule has 0 aliphatic rings. The zero-order valence-corrected chi connectivity index (χ0v) is 7.45. The van der Waals surface area contributed by atoms with Crippen molar-refractivity contribution in [3.05, 3.63) is 41.5 Å². The normalized spacial score (nSPS) is 10.6. The summed E-state index contributed by atoms with van der Waals surface area (Å²) in [4.78, 5) is 11.0. The molecule has 0 heterocycles. The van der Waals surface area contributed by atoms with Crippen molar-refractivity contribution in [3.8, 4) is 12.3 Å². The van der Waals surface area contributed by atoms with Gasteiger partial charge in [0.2, 0.25) is 0 Å². The van der Waals surface area contributed by atoms with E-state index in [9.17, 15) is 4.79 Å². The minimum atomic E-state index is -0.0775. The average molecular weight is 170 g/mol. The van der Waals surface area contributed by atoms with Gasteiger partial charge in [0.15, 0.2) is 5.78 Å². The van der Waals surface area contributed by atoms with Crippen LogP contribution in [-0.4, -0.2) is 5.78 Å². The number of allylic oxidation sites excluding steroid dienone is 1. The van der Waals surface area contributed by atoms with E-state index in [2.05, 4.69) is 5.92 Å². The van der Waals surface area contributed by atoms with Crippen LogP contribution in [0.2, 0.25) is 0 Å². The van der Waals surface area contributed by atoms with Gasteiger partial charge >= 0.3 is 0 Å². The highest BCUT2D eigenvalue weighted by atomic mass is 16.1. The molecule has 0 bridgehead atoms. The summed E-state index contributed by atoms with van der Waals surface area (Å²) < 4.78 is 0. The topological polar surface area (TPSA) is 17.1 Å². The first-order valence-corrected chi connectivity index (χ1v) is 3.98. The molecule has 13 heavy (non-hydrogen) atoms. The molecule has 1 aromatic carbocycles. The molecule has 0 unspecified atom stereocenters. The minimum Gasteiger partial charge on any atom is -0.294 e. The van der Waals surface area contributed by atoms with Gasteiger partial charge in [0.1, 0.15) is 0 Å². The molecule has 1 rings (SSSR count). The molecule has 0 fully saturated rings. The largest absolute Gasteiger partial charge is 0.294 e. The Kier molecular flexibility index (Phi) is 3.05. The number of rotatable bonds is 2. The van der Waals surface area contributed by atoms with Gasteiger partial charge in [0, 0.05) is 0 Å². The fourth-order valence-corrected chi connectivity index (χ4v) is 0.961. The van der Waals surface area contributed by atoms with Crippen LogP contribution in [0.25, 0.3) is 6.08 Å². The molecule has 64 valence electrons. The zero-order valence-electron chi connectivity index (χ0n) is 7.45. The summed E-state index contributed by atoms with van der Waals surface area (Å²) in [6.07, 6.45) is 6.89. The molecule has 1 aromatic rings. The maximum Gasteiger partial charge on any atom is 0.168 e. The van der Waals surface area contributed by atoms with Crippen molar-refractivity contribution in [3.63, 3.8) is 0 Å². The maximum atomic E-state index is 11.0. The van der Waals surface area contributed by atoms with E-state index in [1.807, 2.05) is 30.3 Å². The van der Waals surface area contributed by atoms with Gasteiger partial charge in [-0.2, -0.15) is 0 Å². The summed E-state index contributed by atoms with van der Waals surface area (Å²) in [5, 5.41) is 0. The molecule has 0 saturated carbocycles. The third-order valence-electron chi connectivity index (χ3n) is 1.65. The second kappa shape index (κ2) is 4.27. The SMILES string of the molecule is C#CC(=Cc1ccccc1)C(C)=O. The molecule has 0 atom stereocenters. The van der Waals surface area contributed by atoms with Gasteiger partial charge in [-0.05, 0) is 18.6 Å². The summed E-state index contributed by atoms with van der Waals surface area (Å²) >= 11 is 0. The fourth-order valence-electron chi connectivity index (χ4n) is 0.961. The maximum absolute atomic E-state index is 11.0. The molecule has 0 aliphatic carbocycles. The van der Waals surface area contributed by atoms with E-state index >= 15 is 0 Å². The smallest absolute Gasteiger partial charge is 0.168 e. The lowest BCUT2D eigenvalue weighted by atomic mass is 10.1. The summed E-state index contributed by atoms with van der Waals surface area (Å²) in [5.41, 5.74) is 1.36. The van der Waals surface area contributed by atoms with Gasteiger partial charge in [-0.1, -0.05) is 36.3 Å². The molecule has 0 radical (unpaired) electrons. The van der Waals surface area contributed by atoms with Crippen LogP contribution in [0.15, 0.2) is 35.9 Å². The Morgan fingerprint density at radius 2 is 2.00 bits per heavy atom. The van der Waals surface area contributed by atoms with Crippen LogP contribution in [-0.2, 0) is 4.79 Å². The molecule has 1 nitrogen and oxygen atoms in total. The summed E-state index contributed by atoms with van der Waals surface area (Å²) in [6, 6.07) is 9.53. The number of carbonyl (C=O) groups is 1. The number of ketones is 1. The van der Waals surface area contributed by atoms with Gasteiger partial charge in [0.25, 0.3) is 0 Å². The molecule has 1 heteroatoms. The van der Waals surface area contributed by atoms with E-state index in [0.717, 1.165) is 5.56 Å². The fraction of sp³-hybridized carbons (Fsp3) is 0.0833. The molecular formula is C12H10O. The number of carbonyl (C=O) groups excluding carboxylic acids is 1. The highest BCUT2D eigenvalue weighted by Gasteiger charge is 1.98. The second-order valence-corrected chi connectivity index (χ2v) is 2.67. The van der Waals surface area contributed by atoms with Crippen LogP contribution >= 0.6 is 0 Å². The van der Waals surface area contributed by atoms with Crippen LogP contribution in [0.4, 0.5) is 0 Å². The Hall–Kier alpha value is -1.81. The quantitative estimate of drug-likeness (QED) is 0.491. The van der Waals surface area contributed by atoms with E-state index in [1.165, 1.54) is 6.92 Å². The lowest BCUT2D eigenvalue weighted by Gasteiger charge is -1.94. The summed E-state index contributed by atoms with van der Waals surface area (Å²) in [6.45, 7) is 1.47. The standard InChI is InChI=1S/C12H10O/c1-3-12(10(2)13)9-11-7-5-4-6-8-11/h1,4-9H,2H3. The molecule has 0 aromatic heterocycles. The Morgan fingerprint density at radius 3 is 2.46 bits per heavy atom. The Morgan fingerprint density at radius 1 is 1.38 bits per heavy atom. The van der Waals surface area contributed by atoms with Crippen LogP contribution in [0.5, 0.6) is 0 Å². The van der Waals surface area contributed by atoms with Gasteiger partial charge in [-0.25, -0.2) is 0 Å². The Balaban J connectivity index is 3.01. The summed E-state index contributed by atoms with van der Waals surface area (Å²) in [5.74, 6) is 2.28. The van der Waals surface area contributed by atoms with E-state index in [0.29, 0.717) is 5.57 Å². The lowest BCUT2D eigenvalue weighted by molar-refractivity contribution is -0.113. The number of Topliss-reactive ketones (excluding diaryl/α,β-unsaturated/α-hetero) is 1. The third-order valence-corrected chi connectivity index (χ3v) is 1.65. The number of benzene rings is 1. The van der Waals surface area contributed by atoms with E-state index in [-0.39, 0.29) is 5.78 Å². The predicted octanol–water partition coefficient (Wildman–Crippen LogP) is 2.29. The lowest BCUT2D eigenvalue weighted by Crippen LogP contribution is -1.92.